The first-order valence-corrected chi connectivity index (χ1v) is 11.6. The lowest BCUT2D eigenvalue weighted by atomic mass is 9.94. The van der Waals surface area contributed by atoms with Crippen molar-refractivity contribution in [2.75, 3.05) is 4.90 Å². The Morgan fingerprint density at radius 1 is 1.13 bits per heavy atom. The second kappa shape index (κ2) is 9.40. The van der Waals surface area contributed by atoms with E-state index in [-0.39, 0.29) is 16.8 Å². The van der Waals surface area contributed by atoms with Crippen LogP contribution in [0.1, 0.15) is 57.0 Å². The highest BCUT2D eigenvalue weighted by Gasteiger charge is 2.30. The van der Waals surface area contributed by atoms with Crippen molar-refractivity contribution < 1.29 is 19.4 Å². The molecule has 1 saturated carbocycles. The first-order chi connectivity index (χ1) is 14.6. The Labute approximate surface area is 182 Å². The number of nitrogens with zero attached hydrogens (tertiary/aromatic N) is 2. The monoisotopic (exact) mass is 442 g/mol. The highest BCUT2D eigenvalue weighted by Crippen LogP contribution is 2.32. The van der Waals surface area contributed by atoms with Crippen LogP contribution in [0, 0.1) is 0 Å². The second-order valence-corrected chi connectivity index (χ2v) is 9.21. The first-order valence-electron chi connectivity index (χ1n) is 9.90. The number of ether oxygens (including phenoxy) is 1. The number of carboxylic acids is 1. The summed E-state index contributed by atoms with van der Waals surface area (Å²) in [5.41, 5.74) is 0.538. The Morgan fingerprint density at radius 2 is 1.90 bits per heavy atom. The van der Waals surface area contributed by atoms with E-state index in [0.29, 0.717) is 23.1 Å². The number of carbonyl (C=O) groups excluding carboxylic acids is 1. The van der Waals surface area contributed by atoms with Crippen LogP contribution in [0.2, 0.25) is 0 Å². The standard InChI is InChI=1S/C22H22N2O4S2/c25-20(15-8-10-17(11-9-15)28-14-18-7-4-12-29-18)24(16-5-2-1-3-6-16)22-23-13-19(30-22)21(26)27/h4,7-13,16H,1-3,5-6,14H2,(H,26,27). The number of amides is 1. The number of benzene rings is 1. The molecule has 4 rings (SSSR count). The molecule has 1 N–H and O–H groups in total. The molecular formula is C22H22N2O4S2. The van der Waals surface area contributed by atoms with Gasteiger partial charge in [0.25, 0.3) is 5.91 Å². The Hall–Kier alpha value is -2.71. The number of aromatic carboxylic acids is 1. The lowest BCUT2D eigenvalue weighted by Crippen LogP contribution is -2.41. The maximum atomic E-state index is 13.4. The lowest BCUT2D eigenvalue weighted by Gasteiger charge is -2.32. The van der Waals surface area contributed by atoms with E-state index in [1.165, 1.54) is 6.20 Å². The van der Waals surface area contributed by atoms with Crippen LogP contribution >= 0.6 is 22.7 Å². The maximum absolute atomic E-state index is 13.4. The van der Waals surface area contributed by atoms with Gasteiger partial charge in [-0.25, -0.2) is 9.78 Å². The molecule has 0 unspecified atom stereocenters. The third kappa shape index (κ3) is 4.71. The first kappa shape index (κ1) is 20.6. The van der Waals surface area contributed by atoms with Gasteiger partial charge in [0.05, 0.1) is 6.20 Å². The molecule has 1 amide bonds. The predicted molar refractivity (Wildman–Crippen MR) is 118 cm³/mol. The summed E-state index contributed by atoms with van der Waals surface area (Å²) in [6.07, 6.45) is 6.40. The van der Waals surface area contributed by atoms with E-state index in [1.807, 2.05) is 17.5 Å². The van der Waals surface area contributed by atoms with Crippen LogP contribution in [0.3, 0.4) is 0 Å². The van der Waals surface area contributed by atoms with Crippen LogP contribution in [0.5, 0.6) is 5.75 Å². The van der Waals surface area contributed by atoms with Gasteiger partial charge >= 0.3 is 5.97 Å². The highest BCUT2D eigenvalue weighted by atomic mass is 32.1. The molecule has 156 valence electrons. The van der Waals surface area contributed by atoms with E-state index < -0.39 is 5.97 Å². The number of thiazole rings is 1. The fraction of sp³-hybridized carbons (Fsp3) is 0.318. The number of hydrogen-bond acceptors (Lipinski definition) is 6. The molecular weight excluding hydrogens is 420 g/mol. The number of rotatable bonds is 7. The zero-order valence-corrected chi connectivity index (χ0v) is 18.0. The minimum absolute atomic E-state index is 0.0359. The van der Waals surface area contributed by atoms with Crippen LogP contribution in [0.4, 0.5) is 5.13 Å². The van der Waals surface area contributed by atoms with Gasteiger partial charge in [0.2, 0.25) is 0 Å². The number of thiophene rings is 1. The van der Waals surface area contributed by atoms with Crippen LogP contribution in [0.15, 0.2) is 48.0 Å². The molecule has 0 spiro atoms. The average molecular weight is 443 g/mol. The number of aromatic nitrogens is 1. The van der Waals surface area contributed by atoms with Crippen molar-refractivity contribution in [3.63, 3.8) is 0 Å². The summed E-state index contributed by atoms with van der Waals surface area (Å²) in [6, 6.07) is 11.1. The molecule has 0 aliphatic heterocycles. The Morgan fingerprint density at radius 3 is 2.53 bits per heavy atom. The van der Waals surface area contributed by atoms with Gasteiger partial charge in [-0.15, -0.1) is 11.3 Å². The van der Waals surface area contributed by atoms with E-state index in [0.717, 1.165) is 48.3 Å². The predicted octanol–water partition coefficient (Wildman–Crippen LogP) is 5.46. The van der Waals surface area contributed by atoms with E-state index in [4.69, 9.17) is 4.74 Å². The molecule has 1 fully saturated rings. The highest BCUT2D eigenvalue weighted by molar-refractivity contribution is 7.17. The zero-order chi connectivity index (χ0) is 20.9. The SMILES string of the molecule is O=C(O)c1cnc(N(C(=O)c2ccc(OCc3cccs3)cc2)C2CCCCC2)s1. The average Bonchev–Trinajstić information content (AvgIpc) is 3.46. The van der Waals surface area contributed by atoms with Gasteiger partial charge in [0.1, 0.15) is 17.2 Å². The number of anilines is 1. The molecule has 2 heterocycles. The van der Waals surface area contributed by atoms with Crippen LogP contribution in [0.25, 0.3) is 0 Å². The number of hydrogen-bond donors (Lipinski definition) is 1. The number of carboxylic acid groups (broad SMARTS) is 1. The molecule has 8 heteroatoms. The number of carbonyl (C=O) groups is 2. The molecule has 6 nitrogen and oxygen atoms in total. The van der Waals surface area contributed by atoms with Crippen molar-refractivity contribution in [3.05, 3.63) is 63.3 Å². The summed E-state index contributed by atoms with van der Waals surface area (Å²) in [4.78, 5) is 31.9. The van der Waals surface area contributed by atoms with Gasteiger partial charge in [0, 0.05) is 16.5 Å². The van der Waals surface area contributed by atoms with Gasteiger partial charge in [-0.3, -0.25) is 9.69 Å². The molecule has 1 aliphatic rings. The molecule has 1 aromatic carbocycles. The second-order valence-electron chi connectivity index (χ2n) is 7.17. The van der Waals surface area contributed by atoms with Crippen molar-refractivity contribution in [1.29, 1.82) is 0 Å². The van der Waals surface area contributed by atoms with Crippen molar-refractivity contribution in [2.24, 2.45) is 0 Å². The van der Waals surface area contributed by atoms with Crippen molar-refractivity contribution in [2.45, 2.75) is 44.8 Å². The quantitative estimate of drug-likeness (QED) is 0.525. The molecule has 0 bridgehead atoms. The van der Waals surface area contributed by atoms with Gasteiger partial charge in [-0.1, -0.05) is 36.7 Å². The molecule has 3 aromatic rings. The molecule has 2 aromatic heterocycles. The molecule has 1 aliphatic carbocycles. The van der Waals surface area contributed by atoms with Crippen molar-refractivity contribution >= 4 is 39.7 Å². The van der Waals surface area contributed by atoms with Crippen LogP contribution < -0.4 is 9.64 Å². The largest absolute Gasteiger partial charge is 0.488 e. The summed E-state index contributed by atoms with van der Waals surface area (Å²) in [6.45, 7) is 0.496. The third-order valence-electron chi connectivity index (χ3n) is 5.13. The molecule has 0 radical (unpaired) electrons. The van der Waals surface area contributed by atoms with Gasteiger partial charge in [-0.05, 0) is 48.6 Å². The van der Waals surface area contributed by atoms with E-state index >= 15 is 0 Å². The van der Waals surface area contributed by atoms with Gasteiger partial charge in [-0.2, -0.15) is 0 Å². The third-order valence-corrected chi connectivity index (χ3v) is 6.97. The minimum atomic E-state index is -1.03. The van der Waals surface area contributed by atoms with E-state index in [9.17, 15) is 14.7 Å². The Bertz CT molecular complexity index is 993. The summed E-state index contributed by atoms with van der Waals surface area (Å²) in [7, 11) is 0. The van der Waals surface area contributed by atoms with E-state index in [2.05, 4.69) is 4.98 Å². The Balaban J connectivity index is 1.53. The topological polar surface area (TPSA) is 79.7 Å². The van der Waals surface area contributed by atoms with Crippen molar-refractivity contribution in [3.8, 4) is 5.75 Å². The van der Waals surface area contributed by atoms with E-state index in [1.54, 1.807) is 40.5 Å². The maximum Gasteiger partial charge on any atom is 0.347 e. The minimum Gasteiger partial charge on any atom is -0.488 e. The normalized spacial score (nSPS) is 14.4. The molecule has 0 atom stereocenters. The lowest BCUT2D eigenvalue weighted by molar-refractivity contribution is 0.0701. The summed E-state index contributed by atoms with van der Waals surface area (Å²) in [5, 5.41) is 11.7. The summed E-state index contributed by atoms with van der Waals surface area (Å²) < 4.78 is 5.79. The molecule has 0 saturated heterocycles. The summed E-state index contributed by atoms with van der Waals surface area (Å²) >= 11 is 2.68. The van der Waals surface area contributed by atoms with Crippen LogP contribution in [-0.4, -0.2) is 28.0 Å². The molecule has 30 heavy (non-hydrogen) atoms. The smallest absolute Gasteiger partial charge is 0.347 e. The zero-order valence-electron chi connectivity index (χ0n) is 16.3. The van der Waals surface area contributed by atoms with Gasteiger partial charge < -0.3 is 9.84 Å². The Kier molecular flexibility index (Phi) is 6.44. The van der Waals surface area contributed by atoms with Crippen molar-refractivity contribution in [1.82, 2.24) is 4.98 Å². The fourth-order valence-corrected chi connectivity index (χ4v) is 5.05. The summed E-state index contributed by atoms with van der Waals surface area (Å²) in [5.74, 6) is -0.480. The van der Waals surface area contributed by atoms with Crippen LogP contribution in [-0.2, 0) is 6.61 Å². The fourth-order valence-electron chi connectivity index (χ4n) is 3.61. The van der Waals surface area contributed by atoms with Gasteiger partial charge in [0.15, 0.2) is 5.13 Å².